The Labute approximate surface area is 119 Å². The fourth-order valence-electron chi connectivity index (χ4n) is 2.81. The number of terminal acetylenes is 1. The summed E-state index contributed by atoms with van der Waals surface area (Å²) in [6, 6.07) is 0. The van der Waals surface area contributed by atoms with Gasteiger partial charge in [-0.2, -0.15) is 0 Å². The van der Waals surface area contributed by atoms with Crippen molar-refractivity contribution in [2.75, 3.05) is 0 Å². The molecule has 1 unspecified atom stereocenters. The van der Waals surface area contributed by atoms with E-state index >= 15 is 0 Å². The topological polar surface area (TPSA) is 26.3 Å². The molecular formula is C16H22O2S. The van der Waals surface area contributed by atoms with Crippen molar-refractivity contribution in [2.24, 2.45) is 0 Å². The van der Waals surface area contributed by atoms with Crippen LogP contribution in [0.1, 0.15) is 64.2 Å². The number of allylic oxidation sites excluding steroid dienone is 1. The maximum absolute atomic E-state index is 12.0. The highest BCUT2D eigenvalue weighted by atomic mass is 32.2. The van der Waals surface area contributed by atoms with E-state index in [0.29, 0.717) is 0 Å². The molecule has 2 aliphatic rings. The molecule has 0 aromatic carbocycles. The first kappa shape index (κ1) is 14.6. The zero-order chi connectivity index (χ0) is 13.6. The fourth-order valence-corrected chi connectivity index (χ4v) is 3.65. The lowest BCUT2D eigenvalue weighted by atomic mass is 9.86. The highest BCUT2D eigenvalue weighted by Gasteiger charge is 2.32. The maximum atomic E-state index is 12.0. The third kappa shape index (κ3) is 4.35. The van der Waals surface area contributed by atoms with Crippen molar-refractivity contribution in [2.45, 2.75) is 69.8 Å². The Balaban J connectivity index is 1.96. The third-order valence-electron chi connectivity index (χ3n) is 3.98. The molecule has 0 aliphatic heterocycles. The van der Waals surface area contributed by atoms with Gasteiger partial charge in [-0.05, 0) is 56.9 Å². The van der Waals surface area contributed by atoms with Crippen LogP contribution in [0.4, 0.5) is 0 Å². The van der Waals surface area contributed by atoms with Crippen LogP contribution in [-0.2, 0) is 15.3 Å². The van der Waals surface area contributed by atoms with Crippen LogP contribution in [0.25, 0.3) is 0 Å². The zero-order valence-corrected chi connectivity index (χ0v) is 12.3. The Hall–Kier alpha value is -0.810. The molecule has 2 saturated carbocycles. The minimum absolute atomic E-state index is 0.613. The van der Waals surface area contributed by atoms with Gasteiger partial charge in [0.15, 0.2) is 11.1 Å². The highest BCUT2D eigenvalue weighted by Crippen LogP contribution is 2.32. The monoisotopic (exact) mass is 278 g/mol. The summed E-state index contributed by atoms with van der Waals surface area (Å²) in [6.45, 7) is 0. The van der Waals surface area contributed by atoms with Crippen LogP contribution in [0.15, 0.2) is 16.7 Å². The van der Waals surface area contributed by atoms with Gasteiger partial charge in [-0.25, -0.2) is 4.21 Å². The van der Waals surface area contributed by atoms with Crippen molar-refractivity contribution in [3.05, 3.63) is 16.7 Å². The van der Waals surface area contributed by atoms with Crippen LogP contribution in [0.3, 0.4) is 0 Å². The van der Waals surface area contributed by atoms with Crippen LogP contribution in [0, 0.1) is 12.3 Å². The normalized spacial score (nSPS) is 24.1. The smallest absolute Gasteiger partial charge is 0.191 e. The Morgan fingerprint density at radius 3 is 2.37 bits per heavy atom. The molecule has 3 heteroatoms. The lowest BCUT2D eigenvalue weighted by molar-refractivity contribution is 0.106. The number of hydrogen-bond acceptors (Lipinski definition) is 2. The molecule has 1 atom stereocenters. The minimum Gasteiger partial charge on any atom is -0.267 e. The van der Waals surface area contributed by atoms with Gasteiger partial charge in [0.2, 0.25) is 0 Å². The molecule has 0 amide bonds. The molecule has 0 aromatic rings. The average Bonchev–Trinajstić information content (AvgIpc) is 2.47. The molecule has 0 saturated heterocycles. The van der Waals surface area contributed by atoms with Gasteiger partial charge in [0.05, 0.1) is 5.41 Å². The van der Waals surface area contributed by atoms with Crippen LogP contribution >= 0.6 is 0 Å². The van der Waals surface area contributed by atoms with Gasteiger partial charge in [-0.3, -0.25) is 4.18 Å². The molecule has 0 N–H and O–H groups in total. The molecule has 0 bridgehead atoms. The zero-order valence-electron chi connectivity index (χ0n) is 11.5. The van der Waals surface area contributed by atoms with Gasteiger partial charge in [0, 0.05) is 0 Å². The van der Waals surface area contributed by atoms with Crippen molar-refractivity contribution in [1.82, 2.24) is 0 Å². The summed E-state index contributed by atoms with van der Waals surface area (Å²) in [7, 11) is 0. The molecule has 2 fully saturated rings. The van der Waals surface area contributed by atoms with E-state index in [4.69, 9.17) is 10.6 Å². The summed E-state index contributed by atoms with van der Waals surface area (Å²) < 4.78 is 17.6. The van der Waals surface area contributed by atoms with Crippen molar-refractivity contribution in [3.8, 4) is 12.3 Å². The average molecular weight is 278 g/mol. The van der Waals surface area contributed by atoms with Crippen LogP contribution in [0.2, 0.25) is 0 Å². The van der Waals surface area contributed by atoms with Gasteiger partial charge >= 0.3 is 0 Å². The van der Waals surface area contributed by atoms with Gasteiger partial charge < -0.3 is 0 Å². The summed E-state index contributed by atoms with van der Waals surface area (Å²) in [5, 5.41) is 1.55. The summed E-state index contributed by atoms with van der Waals surface area (Å²) >= 11 is -1.46. The minimum atomic E-state index is -1.46. The van der Waals surface area contributed by atoms with E-state index in [-0.39, 0.29) is 0 Å². The van der Waals surface area contributed by atoms with Gasteiger partial charge in [-0.15, -0.1) is 12.2 Å². The van der Waals surface area contributed by atoms with E-state index in [0.717, 1.165) is 38.5 Å². The maximum Gasteiger partial charge on any atom is 0.191 e. The van der Waals surface area contributed by atoms with Gasteiger partial charge in [0.25, 0.3) is 0 Å². The largest absolute Gasteiger partial charge is 0.267 e. The lowest BCUT2D eigenvalue weighted by Crippen LogP contribution is -2.33. The Morgan fingerprint density at radius 1 is 1.11 bits per heavy atom. The SMILES string of the molecule is C#CC1(OS(=O)C=C=C2CCCCC2)CCCCC1. The molecule has 2 rings (SSSR count). The molecular weight excluding hydrogens is 256 g/mol. The standard InChI is InChI=1S/C16H22O2S/c1-2-16(12-7-4-8-13-16)18-19(17)14-11-15-9-5-3-6-10-15/h1,14H,3-10,12-13H2. The molecule has 2 aliphatic carbocycles. The Kier molecular flexibility index (Phi) is 5.45. The summed E-state index contributed by atoms with van der Waals surface area (Å²) in [6.07, 6.45) is 16.4. The second-order valence-electron chi connectivity index (χ2n) is 5.47. The van der Waals surface area contributed by atoms with E-state index in [1.54, 1.807) is 5.41 Å². The fraction of sp³-hybridized carbons (Fsp3) is 0.688. The molecule has 0 heterocycles. The van der Waals surface area contributed by atoms with Crippen LogP contribution < -0.4 is 0 Å². The van der Waals surface area contributed by atoms with E-state index in [9.17, 15) is 4.21 Å². The highest BCUT2D eigenvalue weighted by molar-refractivity contribution is 7.83. The molecule has 0 radical (unpaired) electrons. The molecule has 0 spiro atoms. The molecule has 19 heavy (non-hydrogen) atoms. The first-order valence-corrected chi connectivity index (χ1v) is 8.40. The summed E-state index contributed by atoms with van der Waals surface area (Å²) in [5.74, 6) is 2.72. The second-order valence-corrected chi connectivity index (χ2v) is 6.39. The van der Waals surface area contributed by atoms with Gasteiger partial charge in [-0.1, -0.05) is 18.8 Å². The van der Waals surface area contributed by atoms with Crippen molar-refractivity contribution in [3.63, 3.8) is 0 Å². The van der Waals surface area contributed by atoms with Crippen LogP contribution in [0.5, 0.6) is 0 Å². The van der Waals surface area contributed by atoms with E-state index in [1.165, 1.54) is 31.3 Å². The molecule has 104 valence electrons. The first-order valence-electron chi connectivity index (χ1n) is 7.26. The number of rotatable bonds is 3. The predicted molar refractivity (Wildman–Crippen MR) is 78.6 cm³/mol. The van der Waals surface area contributed by atoms with E-state index < -0.39 is 16.7 Å². The van der Waals surface area contributed by atoms with Gasteiger partial charge in [0.1, 0.15) is 5.60 Å². The Morgan fingerprint density at radius 2 is 1.74 bits per heavy atom. The molecule has 0 aromatic heterocycles. The van der Waals surface area contributed by atoms with Crippen LogP contribution in [-0.4, -0.2) is 9.81 Å². The first-order chi connectivity index (χ1) is 9.24. The third-order valence-corrected chi connectivity index (χ3v) is 4.78. The second kappa shape index (κ2) is 7.10. The van der Waals surface area contributed by atoms with Crippen molar-refractivity contribution >= 4 is 11.1 Å². The Bertz CT molecular complexity index is 424. The van der Waals surface area contributed by atoms with Crippen molar-refractivity contribution < 1.29 is 8.39 Å². The summed E-state index contributed by atoms with van der Waals surface area (Å²) in [4.78, 5) is 0. The van der Waals surface area contributed by atoms with E-state index in [1.807, 2.05) is 0 Å². The molecule has 2 nitrogen and oxygen atoms in total. The predicted octanol–water partition coefficient (Wildman–Crippen LogP) is 4.01. The quantitative estimate of drug-likeness (QED) is 0.576. The number of hydrogen-bond donors (Lipinski definition) is 0. The summed E-state index contributed by atoms with van der Waals surface area (Å²) in [5.41, 5.74) is 3.80. The van der Waals surface area contributed by atoms with Crippen molar-refractivity contribution in [1.29, 1.82) is 0 Å². The van der Waals surface area contributed by atoms with E-state index in [2.05, 4.69) is 11.7 Å². The lowest BCUT2D eigenvalue weighted by Gasteiger charge is -2.30.